The number of likely N-dealkylation sites (tertiary alicyclic amines) is 1. The molecule has 0 saturated carbocycles. The van der Waals surface area contributed by atoms with E-state index in [2.05, 4.69) is 34.5 Å². The number of hydrogen-bond acceptors (Lipinski definition) is 3. The van der Waals surface area contributed by atoms with Crippen molar-refractivity contribution < 1.29 is 4.79 Å². The Morgan fingerprint density at radius 2 is 1.48 bits per heavy atom. The van der Waals surface area contributed by atoms with Crippen LogP contribution in [0.4, 0.5) is 5.69 Å². The molecule has 4 nitrogen and oxygen atoms in total. The van der Waals surface area contributed by atoms with Gasteiger partial charge >= 0.3 is 0 Å². The molecule has 1 fully saturated rings. The Morgan fingerprint density at radius 1 is 0.889 bits per heavy atom. The number of nitrogens with zero attached hydrogens (tertiary/aromatic N) is 2. The average Bonchev–Trinajstić information content (AvgIpc) is 2.96. The van der Waals surface area contributed by atoms with Crippen molar-refractivity contribution in [3.63, 3.8) is 0 Å². The highest BCUT2D eigenvalue weighted by Crippen LogP contribution is 2.15. The predicted octanol–water partition coefficient (Wildman–Crippen LogP) is 4.06. The maximum Gasteiger partial charge on any atom is 0.251 e. The monoisotopic (exact) mass is 365 g/mol. The molecular weight excluding hydrogens is 334 g/mol. The first-order valence-electron chi connectivity index (χ1n) is 9.97. The Morgan fingerprint density at radius 3 is 2.07 bits per heavy atom. The number of hydrogen-bond donors (Lipinski definition) is 1. The second-order valence-corrected chi connectivity index (χ2v) is 7.63. The molecule has 3 rings (SSSR count). The van der Waals surface area contributed by atoms with E-state index in [4.69, 9.17) is 0 Å². The molecule has 2 aromatic rings. The van der Waals surface area contributed by atoms with Crippen molar-refractivity contribution in [2.24, 2.45) is 0 Å². The van der Waals surface area contributed by atoms with Crippen LogP contribution in [0.25, 0.3) is 0 Å². The van der Waals surface area contributed by atoms with E-state index in [0.717, 1.165) is 17.8 Å². The summed E-state index contributed by atoms with van der Waals surface area (Å²) >= 11 is 0. The lowest BCUT2D eigenvalue weighted by atomic mass is 10.1. The normalized spacial score (nSPS) is 15.2. The minimum Gasteiger partial charge on any atom is -0.378 e. The van der Waals surface area contributed by atoms with Crippen molar-refractivity contribution in [3.05, 3.63) is 65.2 Å². The fourth-order valence-corrected chi connectivity index (χ4v) is 3.51. The molecular formula is C23H31N3O. The second-order valence-electron chi connectivity index (χ2n) is 7.63. The van der Waals surface area contributed by atoms with Crippen LogP contribution in [0.15, 0.2) is 48.5 Å². The highest BCUT2D eigenvalue weighted by molar-refractivity contribution is 5.94. The van der Waals surface area contributed by atoms with Crippen molar-refractivity contribution >= 4 is 11.6 Å². The van der Waals surface area contributed by atoms with Crippen molar-refractivity contribution in [2.45, 2.75) is 38.8 Å². The summed E-state index contributed by atoms with van der Waals surface area (Å²) < 4.78 is 0. The van der Waals surface area contributed by atoms with Gasteiger partial charge in [-0.1, -0.05) is 37.1 Å². The van der Waals surface area contributed by atoms with Crippen molar-refractivity contribution in [3.8, 4) is 0 Å². The topological polar surface area (TPSA) is 35.6 Å². The van der Waals surface area contributed by atoms with E-state index in [9.17, 15) is 4.79 Å². The van der Waals surface area contributed by atoms with Gasteiger partial charge in [0.1, 0.15) is 0 Å². The third kappa shape index (κ3) is 5.83. The van der Waals surface area contributed by atoms with E-state index in [1.165, 1.54) is 44.3 Å². The standard InChI is InChI=1S/C23H31N3O/c1-25(2)22-13-11-21(12-14-22)23(27)24-17-19-7-9-20(10-8-19)18-26-15-5-3-4-6-16-26/h7-14H,3-6,15-18H2,1-2H3,(H,24,27). The molecule has 0 unspecified atom stereocenters. The van der Waals surface area contributed by atoms with Gasteiger partial charge in [0.05, 0.1) is 0 Å². The molecule has 1 N–H and O–H groups in total. The number of amides is 1. The van der Waals surface area contributed by atoms with Gasteiger partial charge < -0.3 is 10.2 Å². The summed E-state index contributed by atoms with van der Waals surface area (Å²) in [6, 6.07) is 16.3. The zero-order chi connectivity index (χ0) is 19.1. The molecule has 1 heterocycles. The molecule has 4 heteroatoms. The first kappa shape index (κ1) is 19.4. The van der Waals surface area contributed by atoms with Crippen LogP contribution in [0.3, 0.4) is 0 Å². The highest BCUT2D eigenvalue weighted by atomic mass is 16.1. The number of carbonyl (C=O) groups excluding carboxylic acids is 1. The zero-order valence-electron chi connectivity index (χ0n) is 16.6. The summed E-state index contributed by atoms with van der Waals surface area (Å²) in [7, 11) is 3.98. The third-order valence-electron chi connectivity index (χ3n) is 5.23. The van der Waals surface area contributed by atoms with Gasteiger partial charge in [-0.05, 0) is 61.3 Å². The predicted molar refractivity (Wildman–Crippen MR) is 112 cm³/mol. The molecule has 0 spiro atoms. The summed E-state index contributed by atoms with van der Waals surface area (Å²) in [6.07, 6.45) is 5.37. The Labute approximate surface area is 163 Å². The van der Waals surface area contributed by atoms with Crippen LogP contribution < -0.4 is 10.2 Å². The Bertz CT molecular complexity index is 714. The van der Waals surface area contributed by atoms with Crippen LogP contribution in [0.1, 0.15) is 47.2 Å². The molecule has 0 bridgehead atoms. The molecule has 1 aliphatic heterocycles. The summed E-state index contributed by atoms with van der Waals surface area (Å²) in [6.45, 7) is 4.01. The Hall–Kier alpha value is -2.33. The minimum atomic E-state index is -0.0334. The average molecular weight is 366 g/mol. The van der Waals surface area contributed by atoms with E-state index in [1.54, 1.807) is 0 Å². The van der Waals surface area contributed by atoms with E-state index in [-0.39, 0.29) is 5.91 Å². The van der Waals surface area contributed by atoms with Crippen molar-refractivity contribution in [1.29, 1.82) is 0 Å². The van der Waals surface area contributed by atoms with E-state index < -0.39 is 0 Å². The first-order valence-corrected chi connectivity index (χ1v) is 9.97. The molecule has 1 saturated heterocycles. The van der Waals surface area contributed by atoms with Gasteiger partial charge in [0.2, 0.25) is 0 Å². The van der Waals surface area contributed by atoms with Crippen LogP contribution in [0.2, 0.25) is 0 Å². The molecule has 1 aliphatic rings. The fourth-order valence-electron chi connectivity index (χ4n) is 3.51. The molecule has 0 aromatic heterocycles. The van der Waals surface area contributed by atoms with Crippen molar-refractivity contribution in [1.82, 2.24) is 10.2 Å². The molecule has 0 radical (unpaired) electrons. The van der Waals surface area contributed by atoms with Gasteiger partial charge in [0, 0.05) is 38.4 Å². The molecule has 144 valence electrons. The molecule has 1 amide bonds. The fraction of sp³-hybridized carbons (Fsp3) is 0.435. The number of carbonyl (C=O) groups is 1. The zero-order valence-corrected chi connectivity index (χ0v) is 16.6. The van der Waals surface area contributed by atoms with Crippen LogP contribution >= 0.6 is 0 Å². The quantitative estimate of drug-likeness (QED) is 0.838. The summed E-state index contributed by atoms with van der Waals surface area (Å²) in [5.41, 5.74) is 4.27. The van der Waals surface area contributed by atoms with Crippen LogP contribution in [0, 0.1) is 0 Å². The maximum absolute atomic E-state index is 12.3. The van der Waals surface area contributed by atoms with Crippen LogP contribution in [0.5, 0.6) is 0 Å². The molecule has 0 atom stereocenters. The van der Waals surface area contributed by atoms with E-state index in [1.807, 2.05) is 43.3 Å². The van der Waals surface area contributed by atoms with Gasteiger partial charge in [-0.15, -0.1) is 0 Å². The smallest absolute Gasteiger partial charge is 0.251 e. The van der Waals surface area contributed by atoms with Gasteiger partial charge in [0.15, 0.2) is 0 Å². The van der Waals surface area contributed by atoms with Gasteiger partial charge in [-0.2, -0.15) is 0 Å². The molecule has 2 aromatic carbocycles. The highest BCUT2D eigenvalue weighted by Gasteiger charge is 2.10. The summed E-state index contributed by atoms with van der Waals surface area (Å²) in [4.78, 5) is 16.9. The first-order chi connectivity index (χ1) is 13.1. The second kappa shape index (κ2) is 9.56. The van der Waals surface area contributed by atoms with E-state index >= 15 is 0 Å². The number of rotatable bonds is 6. The largest absolute Gasteiger partial charge is 0.378 e. The van der Waals surface area contributed by atoms with Gasteiger partial charge in [-0.25, -0.2) is 0 Å². The van der Waals surface area contributed by atoms with Gasteiger partial charge in [-0.3, -0.25) is 9.69 Å². The van der Waals surface area contributed by atoms with Crippen LogP contribution in [-0.4, -0.2) is 38.0 Å². The van der Waals surface area contributed by atoms with Crippen LogP contribution in [-0.2, 0) is 13.1 Å². The number of benzene rings is 2. The number of anilines is 1. The number of nitrogens with one attached hydrogen (secondary N) is 1. The summed E-state index contributed by atoms with van der Waals surface area (Å²) in [5, 5.41) is 3.01. The van der Waals surface area contributed by atoms with E-state index in [0.29, 0.717) is 12.1 Å². The Kier molecular flexibility index (Phi) is 6.88. The van der Waals surface area contributed by atoms with Crippen molar-refractivity contribution in [2.75, 3.05) is 32.1 Å². The van der Waals surface area contributed by atoms with Gasteiger partial charge in [0.25, 0.3) is 5.91 Å². The lowest BCUT2D eigenvalue weighted by Crippen LogP contribution is -2.24. The Balaban J connectivity index is 1.49. The minimum absolute atomic E-state index is 0.0334. The maximum atomic E-state index is 12.3. The lowest BCUT2D eigenvalue weighted by Gasteiger charge is -2.19. The summed E-state index contributed by atoms with van der Waals surface area (Å²) in [5.74, 6) is -0.0334. The lowest BCUT2D eigenvalue weighted by molar-refractivity contribution is 0.0951. The SMILES string of the molecule is CN(C)c1ccc(C(=O)NCc2ccc(CN3CCCCCC3)cc2)cc1. The molecule has 0 aliphatic carbocycles. The molecule has 27 heavy (non-hydrogen) atoms. The third-order valence-corrected chi connectivity index (χ3v) is 5.23.